The Kier molecular flexibility index (Phi) is 5.54. The summed E-state index contributed by atoms with van der Waals surface area (Å²) in [5.41, 5.74) is -0.275. The summed E-state index contributed by atoms with van der Waals surface area (Å²) < 4.78 is 12.5. The summed E-state index contributed by atoms with van der Waals surface area (Å²) in [6.45, 7) is 6.33. The quantitative estimate of drug-likeness (QED) is 0.766. The van der Waals surface area contributed by atoms with Gasteiger partial charge in [-0.2, -0.15) is 0 Å². The third-order valence-electron chi connectivity index (χ3n) is 5.36. The van der Waals surface area contributed by atoms with E-state index in [2.05, 4.69) is 15.9 Å². The highest BCUT2D eigenvalue weighted by molar-refractivity contribution is 9.10. The topological polar surface area (TPSA) is 76.1 Å². The fourth-order valence-corrected chi connectivity index (χ4v) is 4.56. The number of hydrogen-bond acceptors (Lipinski definition) is 4. The van der Waals surface area contributed by atoms with Crippen molar-refractivity contribution >= 4 is 28.0 Å². The standard InChI is InChI=1S/C20H26BrNO5/c1-19(2,3)27-18(25)22-10-13-8-9-20(16(13)11-22,26-12-17(23)24)14-4-6-15(21)7-5-14/h4-7,13,16H,8-12H2,1-3H3,(H,23,24). The van der Waals surface area contributed by atoms with E-state index in [0.717, 1.165) is 22.9 Å². The van der Waals surface area contributed by atoms with Gasteiger partial charge in [0, 0.05) is 23.5 Å². The fraction of sp³-hybridized carbons (Fsp3) is 0.600. The van der Waals surface area contributed by atoms with Crippen molar-refractivity contribution < 1.29 is 24.2 Å². The van der Waals surface area contributed by atoms with E-state index in [4.69, 9.17) is 9.47 Å². The predicted octanol–water partition coefficient (Wildman–Crippen LogP) is 4.02. The molecule has 7 heteroatoms. The third-order valence-corrected chi connectivity index (χ3v) is 5.89. The summed E-state index contributed by atoms with van der Waals surface area (Å²) in [7, 11) is 0. The van der Waals surface area contributed by atoms with E-state index < -0.39 is 17.2 Å². The molecule has 3 unspecified atom stereocenters. The van der Waals surface area contributed by atoms with Gasteiger partial charge >= 0.3 is 12.1 Å². The van der Waals surface area contributed by atoms with Gasteiger partial charge in [0.1, 0.15) is 12.2 Å². The number of aliphatic carboxylic acids is 1. The Bertz CT molecular complexity index is 714. The van der Waals surface area contributed by atoms with Crippen LogP contribution in [0.25, 0.3) is 0 Å². The second-order valence-electron chi connectivity index (χ2n) is 8.37. The van der Waals surface area contributed by atoms with Gasteiger partial charge in [0.25, 0.3) is 0 Å². The Hall–Kier alpha value is -1.60. The van der Waals surface area contributed by atoms with Crippen LogP contribution in [-0.4, -0.2) is 47.4 Å². The van der Waals surface area contributed by atoms with Crippen LogP contribution in [0, 0.1) is 11.8 Å². The van der Waals surface area contributed by atoms with Gasteiger partial charge in [-0.15, -0.1) is 0 Å². The van der Waals surface area contributed by atoms with Crippen molar-refractivity contribution in [1.29, 1.82) is 0 Å². The largest absolute Gasteiger partial charge is 0.480 e. The number of halogens is 1. The molecule has 1 saturated carbocycles. The molecule has 148 valence electrons. The van der Waals surface area contributed by atoms with Crippen molar-refractivity contribution in [1.82, 2.24) is 4.90 Å². The first-order valence-corrected chi connectivity index (χ1v) is 10.00. The van der Waals surface area contributed by atoms with Crippen molar-refractivity contribution in [3.63, 3.8) is 0 Å². The molecule has 1 aromatic carbocycles. The van der Waals surface area contributed by atoms with Crippen molar-refractivity contribution in [3.05, 3.63) is 34.3 Å². The molecule has 0 spiro atoms. The summed E-state index contributed by atoms with van der Waals surface area (Å²) in [6.07, 6.45) is 1.32. The zero-order valence-corrected chi connectivity index (χ0v) is 17.5. The number of carbonyl (C=O) groups is 2. The molecular weight excluding hydrogens is 414 g/mol. The number of carbonyl (C=O) groups excluding carboxylic acids is 1. The maximum absolute atomic E-state index is 12.5. The lowest BCUT2D eigenvalue weighted by Gasteiger charge is -2.36. The molecule has 6 nitrogen and oxygen atoms in total. The SMILES string of the molecule is CC(C)(C)OC(=O)N1CC2CCC(OCC(=O)O)(c3ccc(Br)cc3)C2C1. The second kappa shape index (κ2) is 7.43. The minimum Gasteiger partial charge on any atom is -0.480 e. The first kappa shape index (κ1) is 20.1. The van der Waals surface area contributed by atoms with Gasteiger partial charge in [-0.05, 0) is 57.2 Å². The molecule has 3 atom stereocenters. The van der Waals surface area contributed by atoms with Crippen LogP contribution in [0.15, 0.2) is 28.7 Å². The molecule has 1 aliphatic heterocycles. The number of ether oxygens (including phenoxy) is 2. The minimum atomic E-state index is -0.989. The van der Waals surface area contributed by atoms with Gasteiger partial charge in [0.15, 0.2) is 0 Å². The maximum Gasteiger partial charge on any atom is 0.410 e. The van der Waals surface area contributed by atoms with E-state index in [0.29, 0.717) is 13.1 Å². The van der Waals surface area contributed by atoms with E-state index in [1.54, 1.807) is 4.90 Å². The van der Waals surface area contributed by atoms with Gasteiger partial charge in [0.05, 0.1) is 5.60 Å². The zero-order valence-electron chi connectivity index (χ0n) is 15.9. The fourth-order valence-electron chi connectivity index (χ4n) is 4.30. The van der Waals surface area contributed by atoms with Crippen LogP contribution in [-0.2, 0) is 19.9 Å². The lowest BCUT2D eigenvalue weighted by molar-refractivity contribution is -0.154. The molecule has 1 heterocycles. The molecule has 0 aromatic heterocycles. The van der Waals surface area contributed by atoms with Gasteiger partial charge in [0.2, 0.25) is 0 Å². The van der Waals surface area contributed by atoms with E-state index >= 15 is 0 Å². The predicted molar refractivity (Wildman–Crippen MR) is 103 cm³/mol. The molecule has 1 N–H and O–H groups in total. The second-order valence-corrected chi connectivity index (χ2v) is 9.29. The Morgan fingerprint density at radius 3 is 2.52 bits per heavy atom. The highest BCUT2D eigenvalue weighted by Gasteiger charge is 2.55. The number of amides is 1. The van der Waals surface area contributed by atoms with Gasteiger partial charge in [-0.25, -0.2) is 9.59 Å². The van der Waals surface area contributed by atoms with Gasteiger partial charge in [-0.1, -0.05) is 28.1 Å². The molecular formula is C20H26BrNO5. The molecule has 1 aliphatic carbocycles. The average molecular weight is 440 g/mol. The van der Waals surface area contributed by atoms with E-state index in [1.807, 2.05) is 45.0 Å². The summed E-state index contributed by atoms with van der Waals surface area (Å²) in [5.74, 6) is -0.669. The van der Waals surface area contributed by atoms with Crippen LogP contribution in [0.5, 0.6) is 0 Å². The third kappa shape index (κ3) is 4.29. The maximum atomic E-state index is 12.5. The highest BCUT2D eigenvalue weighted by atomic mass is 79.9. The molecule has 27 heavy (non-hydrogen) atoms. The summed E-state index contributed by atoms with van der Waals surface area (Å²) in [6, 6.07) is 7.83. The Morgan fingerprint density at radius 2 is 1.93 bits per heavy atom. The first-order valence-electron chi connectivity index (χ1n) is 9.20. The normalized spacial score (nSPS) is 27.5. The molecule has 1 saturated heterocycles. The number of fused-ring (bicyclic) bond motifs is 1. The Labute approximate surface area is 168 Å². The number of benzene rings is 1. The Balaban J connectivity index is 1.85. The van der Waals surface area contributed by atoms with E-state index in [9.17, 15) is 14.7 Å². The summed E-state index contributed by atoms with van der Waals surface area (Å²) >= 11 is 3.44. The number of carboxylic acid groups (broad SMARTS) is 1. The van der Waals surface area contributed by atoms with Crippen molar-refractivity contribution in [3.8, 4) is 0 Å². The van der Waals surface area contributed by atoms with Crippen LogP contribution in [0.1, 0.15) is 39.2 Å². The lowest BCUT2D eigenvalue weighted by Crippen LogP contribution is -2.41. The van der Waals surface area contributed by atoms with Crippen LogP contribution in [0.4, 0.5) is 4.79 Å². The van der Waals surface area contributed by atoms with E-state index in [-0.39, 0.29) is 24.5 Å². The van der Waals surface area contributed by atoms with Crippen LogP contribution < -0.4 is 0 Å². The monoisotopic (exact) mass is 439 g/mol. The minimum absolute atomic E-state index is 0.0468. The summed E-state index contributed by atoms with van der Waals surface area (Å²) in [4.78, 5) is 25.4. The molecule has 1 aromatic rings. The number of carboxylic acids is 1. The van der Waals surface area contributed by atoms with Crippen LogP contribution >= 0.6 is 15.9 Å². The van der Waals surface area contributed by atoms with Crippen molar-refractivity contribution in [2.24, 2.45) is 11.8 Å². The molecule has 0 bridgehead atoms. The Morgan fingerprint density at radius 1 is 1.26 bits per heavy atom. The molecule has 2 fully saturated rings. The molecule has 0 radical (unpaired) electrons. The van der Waals surface area contributed by atoms with Gasteiger partial charge < -0.3 is 19.5 Å². The number of likely N-dealkylation sites (tertiary alicyclic amines) is 1. The number of rotatable bonds is 4. The lowest BCUT2D eigenvalue weighted by atomic mass is 9.82. The molecule has 3 rings (SSSR count). The van der Waals surface area contributed by atoms with Gasteiger partial charge in [-0.3, -0.25) is 0 Å². The number of nitrogens with zero attached hydrogens (tertiary/aromatic N) is 1. The van der Waals surface area contributed by atoms with Crippen LogP contribution in [0.3, 0.4) is 0 Å². The van der Waals surface area contributed by atoms with Crippen molar-refractivity contribution in [2.75, 3.05) is 19.7 Å². The highest BCUT2D eigenvalue weighted by Crippen LogP contribution is 2.53. The molecule has 1 amide bonds. The van der Waals surface area contributed by atoms with E-state index in [1.165, 1.54) is 0 Å². The molecule has 2 aliphatic rings. The zero-order chi connectivity index (χ0) is 19.8. The average Bonchev–Trinajstić information content (AvgIpc) is 3.12. The smallest absolute Gasteiger partial charge is 0.410 e. The number of hydrogen-bond donors (Lipinski definition) is 1. The summed E-state index contributed by atoms with van der Waals surface area (Å²) in [5, 5.41) is 9.17. The van der Waals surface area contributed by atoms with Crippen molar-refractivity contribution in [2.45, 2.75) is 44.8 Å². The van der Waals surface area contributed by atoms with Crippen LogP contribution in [0.2, 0.25) is 0 Å². The first-order chi connectivity index (χ1) is 12.6.